The second kappa shape index (κ2) is 10.9. The minimum Gasteiger partial charge on any atom is -0.672 e. The van der Waals surface area contributed by atoms with Crippen LogP contribution in [-0.4, -0.2) is 18.3 Å². The van der Waals surface area contributed by atoms with Crippen LogP contribution in [0.25, 0.3) is 0 Å². The largest absolute Gasteiger partial charge is 4.00 e. The summed E-state index contributed by atoms with van der Waals surface area (Å²) >= 11 is 0. The van der Waals surface area contributed by atoms with Crippen molar-refractivity contribution >= 4 is 18.3 Å². The minimum absolute atomic E-state index is 0. The van der Waals surface area contributed by atoms with Crippen LogP contribution in [0, 0.1) is 0 Å². The second-order valence-electron chi connectivity index (χ2n) is 0.500. The third-order valence-electron chi connectivity index (χ3n) is 0. The molecule has 0 fully saturated rings. The fraction of sp³-hybridized carbons (Fsp3) is 0. The van der Waals surface area contributed by atoms with Gasteiger partial charge < -0.3 is 28.1 Å². The molecule has 0 saturated heterocycles. The Labute approximate surface area is 69.1 Å². The molecule has 6 nitrogen and oxygen atoms in total. The standard InChI is InChI=1S/2O3Si.Ta/c2*1-4(2)3;/q2*-2;+4. The molecule has 0 aromatic rings. The van der Waals surface area contributed by atoms with Gasteiger partial charge in [-0.15, -0.1) is 0 Å². The van der Waals surface area contributed by atoms with E-state index in [1.807, 2.05) is 0 Å². The molecule has 0 bridgehead atoms. The minimum atomic E-state index is -3.63. The zero-order chi connectivity index (χ0) is 7.15. The van der Waals surface area contributed by atoms with Gasteiger partial charge in [0.1, 0.15) is 0 Å². The topological polar surface area (TPSA) is 126 Å². The van der Waals surface area contributed by atoms with Gasteiger partial charge in [0.15, 0.2) is 0 Å². The van der Waals surface area contributed by atoms with Crippen molar-refractivity contribution in [3.05, 3.63) is 0 Å². The Bertz CT molecular complexity index is 69.1. The molecule has 0 aromatic carbocycles. The molecule has 0 aliphatic heterocycles. The Balaban J connectivity index is -0.0000000720. The van der Waals surface area contributed by atoms with Gasteiger partial charge in [0.2, 0.25) is 0 Å². The SMILES string of the molecule is O=[Si]([O-])[O-].O=[Si]([O-])[O-].[Ta+4]. The smallest absolute Gasteiger partial charge is 0.672 e. The molecule has 0 aromatic heterocycles. The summed E-state index contributed by atoms with van der Waals surface area (Å²) in [5, 5.41) is 0. The molecule has 0 N–H and O–H groups in total. The molecule has 9 heteroatoms. The van der Waals surface area contributed by atoms with E-state index >= 15 is 0 Å². The van der Waals surface area contributed by atoms with Crippen LogP contribution in [0.5, 0.6) is 0 Å². The van der Waals surface area contributed by atoms with Gasteiger partial charge in [-0.05, 0) is 0 Å². The molecular weight excluding hydrogens is 333 g/mol. The predicted molar refractivity (Wildman–Crippen MR) is 12.9 cm³/mol. The quantitative estimate of drug-likeness (QED) is 0.407. The molecule has 0 heterocycles. The van der Waals surface area contributed by atoms with Crippen LogP contribution in [0.4, 0.5) is 0 Å². The molecule has 0 aliphatic carbocycles. The summed E-state index contributed by atoms with van der Waals surface area (Å²) in [5.41, 5.74) is 0. The molecule has 49 valence electrons. The van der Waals surface area contributed by atoms with Gasteiger partial charge in [0.25, 0.3) is 0 Å². The Kier molecular flexibility index (Phi) is 19.3. The van der Waals surface area contributed by atoms with E-state index in [9.17, 15) is 0 Å². The van der Waals surface area contributed by atoms with Gasteiger partial charge in [-0.1, -0.05) is 0 Å². The van der Waals surface area contributed by atoms with E-state index in [1.165, 1.54) is 0 Å². The van der Waals surface area contributed by atoms with Gasteiger partial charge in [-0.25, -0.2) is 0 Å². The summed E-state index contributed by atoms with van der Waals surface area (Å²) in [6.07, 6.45) is 0. The summed E-state index contributed by atoms with van der Waals surface area (Å²) in [7, 11) is -7.26. The fourth-order valence-corrected chi connectivity index (χ4v) is 0. The van der Waals surface area contributed by atoms with E-state index in [4.69, 9.17) is 28.1 Å². The van der Waals surface area contributed by atoms with Crippen LogP contribution < -0.4 is 19.2 Å². The van der Waals surface area contributed by atoms with Gasteiger partial charge in [-0.3, -0.25) is 0 Å². The van der Waals surface area contributed by atoms with Gasteiger partial charge in [0, 0.05) is 18.3 Å². The first-order valence-electron chi connectivity index (χ1n) is 1.22. The van der Waals surface area contributed by atoms with Crippen molar-refractivity contribution in [2.24, 2.45) is 0 Å². The maximum atomic E-state index is 8.52. The molecule has 0 unspecified atom stereocenters. The van der Waals surface area contributed by atoms with Crippen molar-refractivity contribution in [2.45, 2.75) is 0 Å². The zero-order valence-electron chi connectivity index (χ0n) is 3.90. The summed E-state index contributed by atoms with van der Waals surface area (Å²) < 4.78 is 17.0. The van der Waals surface area contributed by atoms with Crippen molar-refractivity contribution in [3.8, 4) is 0 Å². The third kappa shape index (κ3) is 422000. The van der Waals surface area contributed by atoms with E-state index in [2.05, 4.69) is 0 Å². The maximum Gasteiger partial charge on any atom is 4.00 e. The van der Waals surface area contributed by atoms with Crippen LogP contribution in [0.2, 0.25) is 0 Å². The Morgan fingerprint density at radius 3 is 0.778 bits per heavy atom. The predicted octanol–water partition coefficient (Wildman–Crippen LogP) is -5.76. The summed E-state index contributed by atoms with van der Waals surface area (Å²) in [4.78, 5) is 34.1. The van der Waals surface area contributed by atoms with Crippen LogP contribution in [0.15, 0.2) is 0 Å². The second-order valence-corrected chi connectivity index (χ2v) is 1.50. The van der Waals surface area contributed by atoms with E-state index in [0.29, 0.717) is 0 Å². The number of hydrogen-bond acceptors (Lipinski definition) is 6. The molecule has 0 rings (SSSR count). The van der Waals surface area contributed by atoms with Crippen molar-refractivity contribution in [1.82, 2.24) is 0 Å². The molecular formula is O6Si2Ta. The molecule has 0 atom stereocenters. The first-order valence-corrected chi connectivity index (χ1v) is 3.67. The Morgan fingerprint density at radius 1 is 0.778 bits per heavy atom. The molecule has 0 spiro atoms. The molecule has 0 aliphatic rings. The first-order chi connectivity index (χ1) is 3.46. The van der Waals surface area contributed by atoms with Gasteiger partial charge in [0.05, 0.1) is 0 Å². The van der Waals surface area contributed by atoms with Crippen LogP contribution >= 0.6 is 0 Å². The van der Waals surface area contributed by atoms with Crippen molar-refractivity contribution in [3.63, 3.8) is 0 Å². The van der Waals surface area contributed by atoms with Crippen LogP contribution in [-0.2, 0) is 31.3 Å². The van der Waals surface area contributed by atoms with Crippen molar-refractivity contribution < 1.29 is 50.5 Å². The fourth-order valence-electron chi connectivity index (χ4n) is 0. The number of hydrogen-bond donors (Lipinski definition) is 0. The van der Waals surface area contributed by atoms with E-state index < -0.39 is 18.3 Å². The normalized spacial score (nSPS) is 5.33. The first kappa shape index (κ1) is 16.0. The van der Waals surface area contributed by atoms with E-state index in [-0.39, 0.29) is 22.4 Å². The van der Waals surface area contributed by atoms with Gasteiger partial charge >= 0.3 is 22.4 Å². The Hall–Kier alpha value is -0.0260. The zero-order valence-corrected chi connectivity index (χ0v) is 9.11. The summed E-state index contributed by atoms with van der Waals surface area (Å²) in [6.45, 7) is 0. The maximum absolute atomic E-state index is 8.52. The van der Waals surface area contributed by atoms with Crippen molar-refractivity contribution in [2.75, 3.05) is 0 Å². The van der Waals surface area contributed by atoms with Crippen LogP contribution in [0.1, 0.15) is 0 Å². The molecule has 1 radical (unpaired) electrons. The number of rotatable bonds is 0. The summed E-state index contributed by atoms with van der Waals surface area (Å²) in [6, 6.07) is 0. The summed E-state index contributed by atoms with van der Waals surface area (Å²) in [5.74, 6) is 0. The average molecular weight is 333 g/mol. The molecule has 9 heavy (non-hydrogen) atoms. The average Bonchev–Trinajstić information content (AvgIpc) is 1.25. The van der Waals surface area contributed by atoms with Crippen molar-refractivity contribution in [1.29, 1.82) is 0 Å². The molecule has 0 amide bonds. The third-order valence-corrected chi connectivity index (χ3v) is 0. The van der Waals surface area contributed by atoms with E-state index in [1.54, 1.807) is 0 Å². The Morgan fingerprint density at radius 2 is 0.778 bits per heavy atom. The monoisotopic (exact) mass is 333 g/mol. The van der Waals surface area contributed by atoms with Gasteiger partial charge in [-0.2, -0.15) is 0 Å². The van der Waals surface area contributed by atoms with E-state index in [0.717, 1.165) is 0 Å². The molecule has 0 saturated carbocycles. The van der Waals surface area contributed by atoms with Crippen LogP contribution in [0.3, 0.4) is 0 Å².